The van der Waals surface area contributed by atoms with Gasteiger partial charge in [-0.25, -0.2) is 4.79 Å². The van der Waals surface area contributed by atoms with Crippen molar-refractivity contribution < 1.29 is 23.1 Å². The Kier molecular flexibility index (Phi) is 3.79. The third kappa shape index (κ3) is 3.21. The summed E-state index contributed by atoms with van der Waals surface area (Å²) in [5, 5.41) is 12.2. The zero-order valence-electron chi connectivity index (χ0n) is 9.45. The van der Waals surface area contributed by atoms with E-state index in [9.17, 15) is 18.0 Å². The number of carbonyl (C=O) groups is 1. The molecule has 0 unspecified atom stereocenters. The Hall–Kier alpha value is -1.53. The number of nitrogens with zero attached hydrogens (tertiary/aromatic N) is 2. The van der Waals surface area contributed by atoms with Crippen molar-refractivity contribution in [2.24, 2.45) is 5.92 Å². The molecule has 0 saturated heterocycles. The Labute approximate surface area is 96.0 Å². The summed E-state index contributed by atoms with van der Waals surface area (Å²) in [6.45, 7) is 3.80. The summed E-state index contributed by atoms with van der Waals surface area (Å²) < 4.78 is 38.8. The van der Waals surface area contributed by atoms with E-state index in [1.54, 1.807) is 0 Å². The fraction of sp³-hybridized carbons (Fsp3) is 0.600. The lowest BCUT2D eigenvalue weighted by atomic mass is 10.1. The molecule has 96 valence electrons. The van der Waals surface area contributed by atoms with Gasteiger partial charge in [-0.15, -0.1) is 0 Å². The highest BCUT2D eigenvalue weighted by atomic mass is 19.4. The Bertz CT molecular complexity index is 410. The van der Waals surface area contributed by atoms with Crippen LogP contribution in [-0.4, -0.2) is 20.9 Å². The number of aryl methyl sites for hydroxylation is 1. The molecule has 7 heteroatoms. The molecule has 0 aliphatic carbocycles. The van der Waals surface area contributed by atoms with Crippen LogP contribution in [0.25, 0.3) is 0 Å². The molecule has 0 aliphatic rings. The maximum absolute atomic E-state index is 12.7. The predicted octanol–water partition coefficient (Wildman–Crippen LogP) is 2.65. The molecule has 1 aromatic rings. The van der Waals surface area contributed by atoms with E-state index in [-0.39, 0.29) is 12.5 Å². The van der Waals surface area contributed by atoms with Crippen molar-refractivity contribution in [2.45, 2.75) is 33.0 Å². The first-order valence-corrected chi connectivity index (χ1v) is 5.09. The molecule has 0 aromatic carbocycles. The number of carboxylic acids is 1. The number of hydrogen-bond acceptors (Lipinski definition) is 2. The van der Waals surface area contributed by atoms with Gasteiger partial charge < -0.3 is 5.11 Å². The predicted molar refractivity (Wildman–Crippen MR) is 53.6 cm³/mol. The van der Waals surface area contributed by atoms with Crippen molar-refractivity contribution in [1.29, 1.82) is 0 Å². The van der Waals surface area contributed by atoms with Gasteiger partial charge in [0.15, 0.2) is 5.69 Å². The molecule has 0 atom stereocenters. The molecular formula is C10H13F3N2O2. The summed E-state index contributed by atoms with van der Waals surface area (Å²) in [5.41, 5.74) is -1.99. The molecule has 0 spiro atoms. The summed E-state index contributed by atoms with van der Waals surface area (Å²) in [6, 6.07) is 0. The Morgan fingerprint density at radius 1 is 1.53 bits per heavy atom. The normalized spacial score (nSPS) is 12.1. The highest BCUT2D eigenvalue weighted by molar-refractivity contribution is 5.88. The molecule has 0 fully saturated rings. The van der Waals surface area contributed by atoms with Crippen molar-refractivity contribution in [3.63, 3.8) is 0 Å². The minimum atomic E-state index is -4.71. The molecule has 0 bridgehead atoms. The monoisotopic (exact) mass is 250 g/mol. The molecule has 1 rings (SSSR count). The van der Waals surface area contributed by atoms with Gasteiger partial charge in [0.1, 0.15) is 5.56 Å². The van der Waals surface area contributed by atoms with Crippen molar-refractivity contribution in [1.82, 2.24) is 9.78 Å². The van der Waals surface area contributed by atoms with Gasteiger partial charge in [-0.3, -0.25) is 4.68 Å². The number of alkyl halides is 3. The smallest absolute Gasteiger partial charge is 0.433 e. The van der Waals surface area contributed by atoms with Crippen LogP contribution in [0.3, 0.4) is 0 Å². The average molecular weight is 250 g/mol. The summed E-state index contributed by atoms with van der Waals surface area (Å²) in [5.74, 6) is -1.40. The zero-order valence-corrected chi connectivity index (χ0v) is 9.45. The van der Waals surface area contributed by atoms with E-state index in [4.69, 9.17) is 5.11 Å². The third-order valence-corrected chi connectivity index (χ3v) is 2.26. The van der Waals surface area contributed by atoms with E-state index in [0.717, 1.165) is 6.20 Å². The second-order valence-corrected chi connectivity index (χ2v) is 4.12. The molecular weight excluding hydrogens is 237 g/mol. The number of halogens is 3. The number of aromatic carboxylic acids is 1. The number of rotatable bonds is 4. The molecule has 4 nitrogen and oxygen atoms in total. The quantitative estimate of drug-likeness (QED) is 0.893. The number of carboxylic acid groups (broad SMARTS) is 1. The standard InChI is InChI=1S/C10H13F3N2O2/c1-6(2)3-4-15-8(10(11,12)13)7(5-14-15)9(16)17/h5-6H,3-4H2,1-2H3,(H,16,17). The van der Waals surface area contributed by atoms with E-state index in [1.807, 2.05) is 13.8 Å². The first kappa shape index (κ1) is 13.5. The molecule has 0 aliphatic heterocycles. The van der Waals surface area contributed by atoms with Crippen LogP contribution in [0.4, 0.5) is 13.2 Å². The SMILES string of the molecule is CC(C)CCn1ncc(C(=O)O)c1C(F)(F)F. The molecule has 1 heterocycles. The maximum Gasteiger partial charge on any atom is 0.433 e. The number of hydrogen-bond donors (Lipinski definition) is 1. The second kappa shape index (κ2) is 4.77. The van der Waals surface area contributed by atoms with E-state index < -0.39 is 23.4 Å². The summed E-state index contributed by atoms with van der Waals surface area (Å²) >= 11 is 0. The molecule has 1 aromatic heterocycles. The Morgan fingerprint density at radius 2 is 2.12 bits per heavy atom. The fourth-order valence-corrected chi connectivity index (χ4v) is 1.39. The highest BCUT2D eigenvalue weighted by Gasteiger charge is 2.40. The van der Waals surface area contributed by atoms with Crippen LogP contribution >= 0.6 is 0 Å². The molecule has 17 heavy (non-hydrogen) atoms. The molecule has 0 saturated carbocycles. The van der Waals surface area contributed by atoms with E-state index >= 15 is 0 Å². The second-order valence-electron chi connectivity index (χ2n) is 4.12. The Morgan fingerprint density at radius 3 is 2.53 bits per heavy atom. The summed E-state index contributed by atoms with van der Waals surface area (Å²) in [6.07, 6.45) is -3.46. The van der Waals surface area contributed by atoms with Gasteiger partial charge in [0, 0.05) is 6.54 Å². The van der Waals surface area contributed by atoms with E-state index in [1.165, 1.54) is 0 Å². The molecule has 0 amide bonds. The van der Waals surface area contributed by atoms with Gasteiger partial charge in [-0.1, -0.05) is 13.8 Å². The highest BCUT2D eigenvalue weighted by Crippen LogP contribution is 2.32. The van der Waals surface area contributed by atoms with Crippen LogP contribution in [0.5, 0.6) is 0 Å². The maximum atomic E-state index is 12.7. The lowest BCUT2D eigenvalue weighted by Crippen LogP contribution is -2.19. The van der Waals surface area contributed by atoms with Crippen LogP contribution in [0.2, 0.25) is 0 Å². The molecule has 0 radical (unpaired) electrons. The van der Waals surface area contributed by atoms with E-state index in [0.29, 0.717) is 11.1 Å². The lowest BCUT2D eigenvalue weighted by Gasteiger charge is -2.12. The number of aromatic nitrogens is 2. The zero-order chi connectivity index (χ0) is 13.2. The van der Waals surface area contributed by atoms with Gasteiger partial charge in [0.05, 0.1) is 6.20 Å². The van der Waals surface area contributed by atoms with Crippen LogP contribution < -0.4 is 0 Å². The first-order valence-electron chi connectivity index (χ1n) is 5.09. The van der Waals surface area contributed by atoms with Gasteiger partial charge in [0.25, 0.3) is 0 Å². The van der Waals surface area contributed by atoms with E-state index in [2.05, 4.69) is 5.10 Å². The van der Waals surface area contributed by atoms with Crippen LogP contribution in [0, 0.1) is 5.92 Å². The van der Waals surface area contributed by atoms with Gasteiger partial charge in [-0.05, 0) is 12.3 Å². The first-order chi connectivity index (χ1) is 7.73. The third-order valence-electron chi connectivity index (χ3n) is 2.26. The van der Waals surface area contributed by atoms with Crippen molar-refractivity contribution >= 4 is 5.97 Å². The summed E-state index contributed by atoms with van der Waals surface area (Å²) in [4.78, 5) is 10.7. The van der Waals surface area contributed by atoms with Gasteiger partial charge in [-0.2, -0.15) is 18.3 Å². The Balaban J connectivity index is 3.10. The average Bonchev–Trinajstić information content (AvgIpc) is 2.57. The van der Waals surface area contributed by atoms with Gasteiger partial charge in [0.2, 0.25) is 0 Å². The lowest BCUT2D eigenvalue weighted by molar-refractivity contribution is -0.144. The van der Waals surface area contributed by atoms with Crippen LogP contribution in [0.1, 0.15) is 36.3 Å². The van der Waals surface area contributed by atoms with Crippen LogP contribution in [0.15, 0.2) is 6.20 Å². The minimum absolute atomic E-state index is 0.0553. The van der Waals surface area contributed by atoms with Crippen molar-refractivity contribution in [2.75, 3.05) is 0 Å². The van der Waals surface area contributed by atoms with Crippen LogP contribution in [-0.2, 0) is 12.7 Å². The fourth-order valence-electron chi connectivity index (χ4n) is 1.39. The summed E-state index contributed by atoms with van der Waals surface area (Å²) in [7, 11) is 0. The van der Waals surface area contributed by atoms with Gasteiger partial charge >= 0.3 is 12.1 Å². The topological polar surface area (TPSA) is 55.1 Å². The minimum Gasteiger partial charge on any atom is -0.478 e. The largest absolute Gasteiger partial charge is 0.478 e. The van der Waals surface area contributed by atoms with Crippen molar-refractivity contribution in [3.8, 4) is 0 Å². The molecule has 1 N–H and O–H groups in total. The van der Waals surface area contributed by atoms with Crippen molar-refractivity contribution in [3.05, 3.63) is 17.5 Å².